The van der Waals surface area contributed by atoms with Gasteiger partial charge < -0.3 is 5.11 Å². The maximum Gasteiger partial charge on any atom is 0.354 e. The molecule has 1 N–H and O–H groups in total. The Labute approximate surface area is 93.7 Å². The van der Waals surface area contributed by atoms with Crippen molar-refractivity contribution in [1.82, 2.24) is 4.98 Å². The number of fused-ring (bicyclic) bond motifs is 1. The summed E-state index contributed by atoms with van der Waals surface area (Å²) in [7, 11) is 0. The molecule has 0 aliphatic heterocycles. The van der Waals surface area contributed by atoms with Gasteiger partial charge in [-0.2, -0.15) is 0 Å². The average Bonchev–Trinajstić information content (AvgIpc) is 2.27. The van der Waals surface area contributed by atoms with E-state index in [-0.39, 0.29) is 5.69 Å². The van der Waals surface area contributed by atoms with Gasteiger partial charge in [0.2, 0.25) is 0 Å². The molecule has 1 aromatic carbocycles. The molecule has 0 saturated carbocycles. The van der Waals surface area contributed by atoms with E-state index in [2.05, 4.69) is 24.9 Å². The minimum Gasteiger partial charge on any atom is -0.477 e. The second kappa shape index (κ2) is 3.93. The summed E-state index contributed by atoms with van der Waals surface area (Å²) in [6.45, 7) is 4.22. The Morgan fingerprint density at radius 1 is 1.25 bits per heavy atom. The summed E-state index contributed by atoms with van der Waals surface area (Å²) < 4.78 is 0. The maximum atomic E-state index is 10.8. The summed E-state index contributed by atoms with van der Waals surface area (Å²) >= 11 is 0. The van der Waals surface area contributed by atoms with Crippen LogP contribution in [0.5, 0.6) is 0 Å². The molecule has 16 heavy (non-hydrogen) atoms. The summed E-state index contributed by atoms with van der Waals surface area (Å²) in [6.07, 6.45) is 1.60. The molecular formula is C13H13NO2. The highest BCUT2D eigenvalue weighted by molar-refractivity contribution is 5.92. The minimum absolute atomic E-state index is 0.0911. The van der Waals surface area contributed by atoms with Crippen LogP contribution in [0, 0.1) is 0 Å². The zero-order valence-electron chi connectivity index (χ0n) is 9.27. The Morgan fingerprint density at radius 2 is 2.00 bits per heavy atom. The van der Waals surface area contributed by atoms with E-state index < -0.39 is 5.97 Å². The lowest BCUT2D eigenvalue weighted by atomic mass is 10.00. The molecular weight excluding hydrogens is 202 g/mol. The second-order valence-electron chi connectivity index (χ2n) is 4.14. The number of benzene rings is 1. The standard InChI is InChI=1S/C13H13NO2/c1-8(2)9-3-4-10-7-14-12(13(15)16)6-11(10)5-9/h3-8H,1-2H3,(H,15,16). The van der Waals surface area contributed by atoms with Crippen molar-refractivity contribution in [3.8, 4) is 0 Å². The highest BCUT2D eigenvalue weighted by atomic mass is 16.4. The van der Waals surface area contributed by atoms with Crippen molar-refractivity contribution in [1.29, 1.82) is 0 Å². The van der Waals surface area contributed by atoms with Crippen LogP contribution in [0.4, 0.5) is 0 Å². The van der Waals surface area contributed by atoms with Crippen LogP contribution in [0.25, 0.3) is 10.8 Å². The molecule has 0 aliphatic carbocycles. The zero-order valence-corrected chi connectivity index (χ0v) is 9.27. The summed E-state index contributed by atoms with van der Waals surface area (Å²) in [4.78, 5) is 14.7. The zero-order chi connectivity index (χ0) is 11.7. The molecule has 0 spiro atoms. The molecule has 0 aliphatic rings. The molecule has 2 rings (SSSR count). The third kappa shape index (κ3) is 1.89. The van der Waals surface area contributed by atoms with Gasteiger partial charge in [0.15, 0.2) is 0 Å². The first-order valence-electron chi connectivity index (χ1n) is 5.21. The molecule has 1 heterocycles. The Morgan fingerprint density at radius 3 is 2.62 bits per heavy atom. The van der Waals surface area contributed by atoms with E-state index in [4.69, 9.17) is 5.11 Å². The fourth-order valence-electron chi connectivity index (χ4n) is 1.64. The number of nitrogens with zero attached hydrogens (tertiary/aromatic N) is 1. The summed E-state index contributed by atoms with van der Waals surface area (Å²) in [5, 5.41) is 10.8. The van der Waals surface area contributed by atoms with Crippen LogP contribution >= 0.6 is 0 Å². The number of pyridine rings is 1. The normalized spacial score (nSPS) is 10.9. The number of aromatic carboxylic acids is 1. The van der Waals surface area contributed by atoms with Gasteiger partial charge in [-0.05, 0) is 22.9 Å². The Kier molecular flexibility index (Phi) is 2.60. The quantitative estimate of drug-likeness (QED) is 0.837. The van der Waals surface area contributed by atoms with Gasteiger partial charge in [-0.25, -0.2) is 9.78 Å². The fraction of sp³-hybridized carbons (Fsp3) is 0.231. The Balaban J connectivity index is 2.61. The van der Waals surface area contributed by atoms with Gasteiger partial charge in [-0.1, -0.05) is 32.0 Å². The lowest BCUT2D eigenvalue weighted by Gasteiger charge is -2.06. The molecule has 3 nitrogen and oxygen atoms in total. The van der Waals surface area contributed by atoms with E-state index >= 15 is 0 Å². The average molecular weight is 215 g/mol. The van der Waals surface area contributed by atoms with Crippen LogP contribution in [0.2, 0.25) is 0 Å². The third-order valence-corrected chi connectivity index (χ3v) is 2.63. The van der Waals surface area contributed by atoms with Crippen molar-refractivity contribution >= 4 is 16.7 Å². The fourth-order valence-corrected chi connectivity index (χ4v) is 1.64. The van der Waals surface area contributed by atoms with Crippen LogP contribution in [0.15, 0.2) is 30.5 Å². The van der Waals surface area contributed by atoms with Crippen LogP contribution in [-0.4, -0.2) is 16.1 Å². The summed E-state index contributed by atoms with van der Waals surface area (Å²) in [5.74, 6) is -0.553. The van der Waals surface area contributed by atoms with E-state index in [0.29, 0.717) is 5.92 Å². The SMILES string of the molecule is CC(C)c1ccc2cnc(C(=O)O)cc2c1. The first kappa shape index (κ1) is 10.6. The van der Waals surface area contributed by atoms with E-state index in [1.807, 2.05) is 12.1 Å². The number of rotatable bonds is 2. The number of carboxylic acid groups (broad SMARTS) is 1. The van der Waals surface area contributed by atoms with E-state index in [0.717, 1.165) is 10.8 Å². The van der Waals surface area contributed by atoms with Crippen LogP contribution in [0.1, 0.15) is 35.8 Å². The van der Waals surface area contributed by atoms with Crippen molar-refractivity contribution < 1.29 is 9.90 Å². The lowest BCUT2D eigenvalue weighted by Crippen LogP contribution is -1.99. The van der Waals surface area contributed by atoms with Gasteiger partial charge in [0.25, 0.3) is 0 Å². The van der Waals surface area contributed by atoms with Gasteiger partial charge in [0.1, 0.15) is 5.69 Å². The van der Waals surface area contributed by atoms with Crippen molar-refractivity contribution in [2.24, 2.45) is 0 Å². The van der Waals surface area contributed by atoms with Gasteiger partial charge in [-0.3, -0.25) is 0 Å². The molecule has 3 heteroatoms. The van der Waals surface area contributed by atoms with Gasteiger partial charge in [0.05, 0.1) is 0 Å². The van der Waals surface area contributed by atoms with Crippen molar-refractivity contribution in [3.05, 3.63) is 41.7 Å². The lowest BCUT2D eigenvalue weighted by molar-refractivity contribution is 0.0690. The Bertz CT molecular complexity index is 547. The minimum atomic E-state index is -0.989. The smallest absolute Gasteiger partial charge is 0.354 e. The van der Waals surface area contributed by atoms with Gasteiger partial charge in [0, 0.05) is 11.6 Å². The number of carbonyl (C=O) groups is 1. The molecule has 0 radical (unpaired) electrons. The predicted octanol–water partition coefficient (Wildman–Crippen LogP) is 3.06. The number of hydrogen-bond donors (Lipinski definition) is 1. The topological polar surface area (TPSA) is 50.2 Å². The molecule has 82 valence electrons. The predicted molar refractivity (Wildman–Crippen MR) is 62.8 cm³/mol. The highest BCUT2D eigenvalue weighted by Crippen LogP contribution is 2.21. The number of carboxylic acids is 1. The summed E-state index contributed by atoms with van der Waals surface area (Å²) in [5.41, 5.74) is 1.29. The molecule has 0 saturated heterocycles. The van der Waals surface area contributed by atoms with Crippen molar-refractivity contribution in [2.75, 3.05) is 0 Å². The first-order valence-corrected chi connectivity index (χ1v) is 5.21. The molecule has 0 fully saturated rings. The second-order valence-corrected chi connectivity index (χ2v) is 4.14. The Hall–Kier alpha value is -1.90. The summed E-state index contributed by atoms with van der Waals surface area (Å²) in [6, 6.07) is 7.66. The molecule has 2 aromatic rings. The maximum absolute atomic E-state index is 10.8. The molecule has 0 atom stereocenters. The van der Waals surface area contributed by atoms with Crippen LogP contribution in [0.3, 0.4) is 0 Å². The van der Waals surface area contributed by atoms with E-state index in [1.54, 1.807) is 12.3 Å². The molecule has 0 amide bonds. The van der Waals surface area contributed by atoms with Crippen molar-refractivity contribution in [3.63, 3.8) is 0 Å². The molecule has 0 unspecified atom stereocenters. The first-order chi connectivity index (χ1) is 7.58. The third-order valence-electron chi connectivity index (χ3n) is 2.63. The van der Waals surface area contributed by atoms with E-state index in [1.165, 1.54) is 5.56 Å². The van der Waals surface area contributed by atoms with Gasteiger partial charge >= 0.3 is 5.97 Å². The van der Waals surface area contributed by atoms with Crippen molar-refractivity contribution in [2.45, 2.75) is 19.8 Å². The van der Waals surface area contributed by atoms with Gasteiger partial charge in [-0.15, -0.1) is 0 Å². The monoisotopic (exact) mass is 215 g/mol. The number of hydrogen-bond acceptors (Lipinski definition) is 2. The van der Waals surface area contributed by atoms with Crippen LogP contribution in [-0.2, 0) is 0 Å². The van der Waals surface area contributed by atoms with E-state index in [9.17, 15) is 4.79 Å². The largest absolute Gasteiger partial charge is 0.477 e. The molecule has 1 aromatic heterocycles. The number of aromatic nitrogens is 1. The molecule has 0 bridgehead atoms. The highest BCUT2D eigenvalue weighted by Gasteiger charge is 2.06. The van der Waals surface area contributed by atoms with Crippen LogP contribution < -0.4 is 0 Å².